The Balaban J connectivity index is 1.85. The predicted octanol–water partition coefficient (Wildman–Crippen LogP) is 5.06. The minimum Gasteiger partial charge on any atom is -0.169 e. The molecule has 0 aliphatic carbocycles. The molecular formula is C24H21BFP. The van der Waals surface area contributed by atoms with Crippen LogP contribution in [0.2, 0.25) is 0 Å². The van der Waals surface area contributed by atoms with E-state index in [1.54, 1.807) is 6.08 Å². The van der Waals surface area contributed by atoms with Gasteiger partial charge in [0.2, 0.25) is 5.57 Å². The van der Waals surface area contributed by atoms with Crippen molar-refractivity contribution in [3.05, 3.63) is 114 Å². The monoisotopic (exact) mass is 370 g/mol. The number of fused-ring (bicyclic) bond motifs is 1. The van der Waals surface area contributed by atoms with Crippen LogP contribution in [0.25, 0.3) is 16.8 Å². The molecule has 0 nitrogen and oxygen atoms in total. The zero-order valence-electron chi connectivity index (χ0n) is 14.2. The molecule has 0 aliphatic rings. The van der Waals surface area contributed by atoms with Crippen LogP contribution in [0.4, 0.5) is 4.39 Å². The molecule has 0 unspecified atom stereocenters. The molecule has 0 aromatic heterocycles. The molecular weight excluding hydrogens is 349 g/mol. The van der Waals surface area contributed by atoms with Gasteiger partial charge in [-0.1, -0.05) is 72.8 Å². The van der Waals surface area contributed by atoms with Crippen LogP contribution in [0.5, 0.6) is 0 Å². The Bertz CT molecular complexity index is 1050. The molecule has 0 bridgehead atoms. The highest BCUT2D eigenvalue weighted by Gasteiger charge is 2.35. The lowest BCUT2D eigenvalue weighted by molar-refractivity contribution is 0.702. The highest BCUT2D eigenvalue weighted by atomic mass is 31.2. The molecule has 3 heteroatoms. The van der Waals surface area contributed by atoms with Gasteiger partial charge >= 0.3 is 0 Å². The van der Waals surface area contributed by atoms with Crippen molar-refractivity contribution in [1.29, 1.82) is 0 Å². The van der Waals surface area contributed by atoms with Gasteiger partial charge in [0.1, 0.15) is 7.57 Å². The first-order chi connectivity index (χ1) is 13.2. The standard InChI is InChI=1S/C24H21BFP/c25-27(22-11-3-1-4-12-22,23-13-5-2-6-14-23)24(26)18-19-15-16-20-9-7-8-10-21(20)17-19/h1-18H,25H3/b24-18+. The second-order valence-electron chi connectivity index (χ2n) is 6.08. The Kier molecular flexibility index (Phi) is 4.92. The first-order valence-corrected chi connectivity index (χ1v) is 9.92. The van der Waals surface area contributed by atoms with E-state index >= 15 is 4.39 Å². The van der Waals surface area contributed by atoms with Crippen LogP contribution in [-0.2, 0) is 0 Å². The van der Waals surface area contributed by atoms with Gasteiger partial charge in [0.25, 0.3) is 0 Å². The summed E-state index contributed by atoms with van der Waals surface area (Å²) in [5, 5.41) is 4.64. The van der Waals surface area contributed by atoms with Crippen LogP contribution in [0.1, 0.15) is 5.56 Å². The third-order valence-corrected chi connectivity index (χ3v) is 6.49. The topological polar surface area (TPSA) is 0 Å². The molecule has 0 aliphatic heterocycles. The molecule has 0 radical (unpaired) electrons. The van der Waals surface area contributed by atoms with E-state index in [1.165, 1.54) is 5.39 Å². The van der Waals surface area contributed by atoms with Gasteiger partial charge in [-0.05, 0) is 53.8 Å². The highest BCUT2D eigenvalue weighted by Crippen LogP contribution is 2.60. The first kappa shape index (κ1) is 17.7. The number of rotatable bonds is 4. The summed E-state index contributed by atoms with van der Waals surface area (Å²) >= 11 is 0. The maximum Gasteiger partial charge on any atom is 0.204 e. The summed E-state index contributed by atoms with van der Waals surface area (Å²) in [4.78, 5) is 0. The Morgan fingerprint density at radius 3 is 1.78 bits per heavy atom. The van der Waals surface area contributed by atoms with Gasteiger partial charge in [-0.15, -0.1) is 0 Å². The van der Waals surface area contributed by atoms with Crippen molar-refractivity contribution in [2.75, 3.05) is 0 Å². The molecule has 27 heavy (non-hydrogen) atoms. The van der Waals surface area contributed by atoms with Crippen molar-refractivity contribution in [2.24, 2.45) is 0 Å². The van der Waals surface area contributed by atoms with E-state index in [1.807, 2.05) is 54.6 Å². The van der Waals surface area contributed by atoms with E-state index in [9.17, 15) is 0 Å². The largest absolute Gasteiger partial charge is 0.204 e. The van der Waals surface area contributed by atoms with Gasteiger partial charge in [-0.3, -0.25) is 0 Å². The maximum atomic E-state index is 15.9. The summed E-state index contributed by atoms with van der Waals surface area (Å²) in [5.41, 5.74) is 0.984. The summed E-state index contributed by atoms with van der Waals surface area (Å²) in [5.74, 6) is 0. The summed E-state index contributed by atoms with van der Waals surface area (Å²) in [6.45, 7) is 0. The Morgan fingerprint density at radius 1 is 0.667 bits per heavy atom. The molecule has 4 rings (SSSR count). The molecule has 0 amide bonds. The lowest BCUT2D eigenvalue weighted by Crippen LogP contribution is -2.22. The van der Waals surface area contributed by atoms with Crippen LogP contribution in [-0.4, -0.2) is 7.57 Å². The molecule has 0 heterocycles. The fourth-order valence-electron chi connectivity index (χ4n) is 3.05. The van der Waals surface area contributed by atoms with Gasteiger partial charge in [0.05, 0.1) is 10.6 Å². The van der Waals surface area contributed by atoms with Gasteiger partial charge < -0.3 is 0 Å². The molecule has 4 aromatic rings. The van der Waals surface area contributed by atoms with E-state index in [0.29, 0.717) is 0 Å². The minimum atomic E-state index is -2.05. The maximum absolute atomic E-state index is 15.9. The van der Waals surface area contributed by atoms with E-state index < -0.39 is 7.14 Å². The summed E-state index contributed by atoms with van der Waals surface area (Å²) in [6, 6.07) is 34.9. The molecule has 132 valence electrons. The molecule has 0 saturated carbocycles. The van der Waals surface area contributed by atoms with E-state index in [2.05, 4.69) is 48.5 Å². The van der Waals surface area contributed by atoms with Gasteiger partial charge in [0, 0.05) is 6.08 Å². The fraction of sp³-hybridized carbons (Fsp3) is 0. The molecule has 0 atom stereocenters. The van der Waals surface area contributed by atoms with E-state index in [-0.39, 0.29) is 13.1 Å². The van der Waals surface area contributed by atoms with Crippen LogP contribution in [0.15, 0.2) is 109 Å². The van der Waals surface area contributed by atoms with E-state index in [4.69, 9.17) is 0 Å². The Morgan fingerprint density at radius 2 is 1.19 bits per heavy atom. The van der Waals surface area contributed by atoms with Crippen LogP contribution in [0.3, 0.4) is 0 Å². The lowest BCUT2D eigenvalue weighted by Gasteiger charge is -2.27. The molecule has 4 aromatic carbocycles. The number of hydrogen-bond acceptors (Lipinski definition) is 0. The quantitative estimate of drug-likeness (QED) is 0.348. The zero-order chi connectivity index (χ0) is 18.7. The predicted molar refractivity (Wildman–Crippen MR) is 122 cm³/mol. The lowest BCUT2D eigenvalue weighted by atomic mass is 10.1. The average molecular weight is 370 g/mol. The summed E-state index contributed by atoms with van der Waals surface area (Å²) < 4.78 is 15.9. The normalized spacial score (nSPS) is 12.3. The van der Waals surface area contributed by atoms with Gasteiger partial charge in [-0.2, -0.15) is 4.39 Å². The second kappa shape index (κ2) is 7.51. The summed E-state index contributed by atoms with van der Waals surface area (Å²) in [7, 11) is -2.36. The fourth-order valence-corrected chi connectivity index (χ4v) is 5.06. The van der Waals surface area contributed by atoms with Crippen molar-refractivity contribution in [1.82, 2.24) is 0 Å². The number of benzene rings is 4. The minimum absolute atomic E-state index is 0.0511. The van der Waals surface area contributed by atoms with E-state index in [0.717, 1.165) is 21.6 Å². The molecule has 0 N–H and O–H groups in total. The molecule has 0 fully saturated rings. The molecule has 0 saturated heterocycles. The van der Waals surface area contributed by atoms with Crippen molar-refractivity contribution < 1.29 is 4.39 Å². The average Bonchev–Trinajstić information content (AvgIpc) is 2.74. The van der Waals surface area contributed by atoms with Gasteiger partial charge in [-0.25, -0.2) is 0 Å². The van der Waals surface area contributed by atoms with Crippen molar-refractivity contribution in [3.63, 3.8) is 0 Å². The SMILES string of the molecule is [BH3-][P+](/C(F)=C/c1ccc2ccccc2c1)(c1ccccc1)c1ccccc1. The van der Waals surface area contributed by atoms with Crippen molar-refractivity contribution >= 4 is 42.2 Å². The van der Waals surface area contributed by atoms with Crippen molar-refractivity contribution in [2.45, 2.75) is 0 Å². The molecule has 0 spiro atoms. The van der Waals surface area contributed by atoms with Crippen LogP contribution < -0.4 is 10.6 Å². The van der Waals surface area contributed by atoms with Gasteiger partial charge in [0.15, 0.2) is 0 Å². The van der Waals surface area contributed by atoms with Crippen LogP contribution >= 0.6 is 7.14 Å². The number of hydrogen-bond donors (Lipinski definition) is 0. The first-order valence-electron chi connectivity index (χ1n) is 8.57. The van der Waals surface area contributed by atoms with Crippen molar-refractivity contribution in [3.8, 4) is 0 Å². The smallest absolute Gasteiger partial charge is 0.169 e. The second-order valence-corrected chi connectivity index (χ2v) is 8.21. The number of halogens is 1. The zero-order valence-corrected chi connectivity index (χ0v) is 15.1. The third kappa shape index (κ3) is 3.46. The Labute approximate surface area is 161 Å². The Hall–Kier alpha value is -2.70. The summed E-state index contributed by atoms with van der Waals surface area (Å²) in [6.07, 6.45) is 1.77. The third-order valence-electron chi connectivity index (χ3n) is 4.30. The highest BCUT2D eigenvalue weighted by molar-refractivity contribution is 8.11. The van der Waals surface area contributed by atoms with Crippen LogP contribution in [0, 0.1) is 0 Å².